The number of anilines is 3. The molecule has 10 rings (SSSR count). The van der Waals surface area contributed by atoms with Crippen LogP contribution >= 0.6 is 22.7 Å². The van der Waals surface area contributed by atoms with Gasteiger partial charge < -0.3 is 14.2 Å². The Labute approximate surface area is 324 Å². The van der Waals surface area contributed by atoms with Crippen LogP contribution in [0.1, 0.15) is 27.7 Å². The van der Waals surface area contributed by atoms with Crippen molar-refractivity contribution in [3.63, 3.8) is 0 Å². The zero-order valence-corrected chi connectivity index (χ0v) is 32.3. The summed E-state index contributed by atoms with van der Waals surface area (Å²) in [4.78, 5) is 2.39. The maximum absolute atomic E-state index is 6.47. The molecule has 1 aliphatic heterocycles. The number of hydrogen-bond donors (Lipinski definition) is 0. The summed E-state index contributed by atoms with van der Waals surface area (Å²) in [5.41, 5.74) is 8.46. The predicted octanol–water partition coefficient (Wildman–Crippen LogP) is 13.5. The quantitative estimate of drug-likeness (QED) is 0.159. The zero-order valence-electron chi connectivity index (χ0n) is 30.7. The van der Waals surface area contributed by atoms with Crippen LogP contribution in [0.2, 0.25) is 0 Å². The van der Waals surface area contributed by atoms with Gasteiger partial charge in [-0.05, 0) is 116 Å². The summed E-state index contributed by atoms with van der Waals surface area (Å²) in [7, 11) is -0.405. The predicted molar refractivity (Wildman–Crippen MR) is 233 cm³/mol. The van der Waals surface area contributed by atoms with E-state index in [9.17, 15) is 0 Å². The highest BCUT2D eigenvalue weighted by molar-refractivity contribution is 7.26. The molecule has 6 heteroatoms. The lowest BCUT2D eigenvalue weighted by Gasteiger charge is -2.32. The molecular formula is C48H38BNO2S2. The fourth-order valence-electron chi connectivity index (χ4n) is 7.70. The van der Waals surface area contributed by atoms with E-state index in [1.807, 2.05) is 22.7 Å². The minimum atomic E-state index is -0.405. The van der Waals surface area contributed by atoms with Gasteiger partial charge in [-0.15, -0.1) is 22.7 Å². The van der Waals surface area contributed by atoms with E-state index >= 15 is 0 Å². The molecule has 1 aliphatic rings. The lowest BCUT2D eigenvalue weighted by Crippen LogP contribution is -2.41. The maximum atomic E-state index is 6.47. The average Bonchev–Trinajstić information content (AvgIpc) is 3.83. The molecule has 0 bridgehead atoms. The minimum absolute atomic E-state index is 0.394. The van der Waals surface area contributed by atoms with E-state index in [0.29, 0.717) is 0 Å². The van der Waals surface area contributed by atoms with E-state index in [0.717, 1.165) is 22.5 Å². The van der Waals surface area contributed by atoms with Crippen LogP contribution in [0.3, 0.4) is 0 Å². The van der Waals surface area contributed by atoms with Gasteiger partial charge in [0.1, 0.15) is 0 Å². The van der Waals surface area contributed by atoms with Gasteiger partial charge in [0.05, 0.1) is 11.2 Å². The molecule has 3 heterocycles. The zero-order chi connectivity index (χ0) is 36.6. The molecule has 0 amide bonds. The van der Waals surface area contributed by atoms with Crippen LogP contribution in [0.15, 0.2) is 158 Å². The number of para-hydroxylation sites is 1. The van der Waals surface area contributed by atoms with Gasteiger partial charge in [0, 0.05) is 57.6 Å². The molecule has 1 saturated heterocycles. The third kappa shape index (κ3) is 5.56. The van der Waals surface area contributed by atoms with Gasteiger partial charge in [-0.1, -0.05) is 97.1 Å². The van der Waals surface area contributed by atoms with E-state index in [2.05, 4.69) is 190 Å². The van der Waals surface area contributed by atoms with Crippen LogP contribution < -0.4 is 10.4 Å². The van der Waals surface area contributed by atoms with Crippen molar-refractivity contribution in [1.29, 1.82) is 0 Å². The number of benzene rings is 7. The van der Waals surface area contributed by atoms with Crippen LogP contribution in [0.25, 0.3) is 62.6 Å². The molecule has 0 spiro atoms. The molecule has 54 heavy (non-hydrogen) atoms. The second-order valence-corrected chi connectivity index (χ2v) is 17.3. The van der Waals surface area contributed by atoms with Gasteiger partial charge in [0.15, 0.2) is 0 Å². The summed E-state index contributed by atoms with van der Waals surface area (Å²) in [5, 5.41) is 5.03. The number of thiophene rings is 2. The van der Waals surface area contributed by atoms with Gasteiger partial charge in [-0.3, -0.25) is 0 Å². The normalized spacial score (nSPS) is 15.1. The van der Waals surface area contributed by atoms with Crippen molar-refractivity contribution in [3.8, 4) is 22.3 Å². The van der Waals surface area contributed by atoms with Crippen molar-refractivity contribution in [2.75, 3.05) is 4.90 Å². The molecule has 0 unspecified atom stereocenters. The fraction of sp³-hybridized carbons (Fsp3) is 0.125. The van der Waals surface area contributed by atoms with Crippen LogP contribution in [-0.2, 0) is 9.31 Å². The minimum Gasteiger partial charge on any atom is -0.399 e. The summed E-state index contributed by atoms with van der Waals surface area (Å²) in [5.74, 6) is 0. The van der Waals surface area contributed by atoms with Gasteiger partial charge in [-0.25, -0.2) is 0 Å². The lowest BCUT2D eigenvalue weighted by molar-refractivity contribution is 0.00578. The second-order valence-electron chi connectivity index (χ2n) is 15.2. The number of nitrogens with zero attached hydrogens (tertiary/aromatic N) is 1. The fourth-order valence-corrected chi connectivity index (χ4v) is 9.99. The maximum Gasteiger partial charge on any atom is 0.494 e. The first kappa shape index (κ1) is 33.3. The van der Waals surface area contributed by atoms with E-state index in [1.54, 1.807) is 0 Å². The summed E-state index contributed by atoms with van der Waals surface area (Å²) in [6, 6.07) is 57.5. The summed E-state index contributed by atoms with van der Waals surface area (Å²) >= 11 is 3.71. The molecule has 0 atom stereocenters. The van der Waals surface area contributed by atoms with Crippen LogP contribution in [0.5, 0.6) is 0 Å². The van der Waals surface area contributed by atoms with Crippen LogP contribution in [0.4, 0.5) is 17.1 Å². The van der Waals surface area contributed by atoms with Crippen molar-refractivity contribution in [2.45, 2.75) is 38.9 Å². The summed E-state index contributed by atoms with van der Waals surface area (Å²) in [6.07, 6.45) is 0. The molecule has 0 aliphatic carbocycles. The molecule has 262 valence electrons. The van der Waals surface area contributed by atoms with Crippen molar-refractivity contribution in [2.24, 2.45) is 0 Å². The number of rotatable bonds is 6. The lowest BCUT2D eigenvalue weighted by atomic mass is 9.78. The summed E-state index contributed by atoms with van der Waals surface area (Å²) < 4.78 is 18.1. The van der Waals surface area contributed by atoms with Crippen molar-refractivity contribution in [1.82, 2.24) is 0 Å². The van der Waals surface area contributed by atoms with Gasteiger partial charge in [-0.2, -0.15) is 0 Å². The van der Waals surface area contributed by atoms with E-state index in [1.165, 1.54) is 62.6 Å². The Hall–Kier alpha value is -5.24. The Morgan fingerprint density at radius 2 is 1.02 bits per heavy atom. The highest BCUT2D eigenvalue weighted by atomic mass is 32.1. The van der Waals surface area contributed by atoms with E-state index < -0.39 is 18.3 Å². The first-order valence-electron chi connectivity index (χ1n) is 18.5. The third-order valence-corrected chi connectivity index (χ3v) is 13.7. The first-order chi connectivity index (χ1) is 26.2. The molecular weight excluding hydrogens is 697 g/mol. The number of fused-ring (bicyclic) bond motifs is 6. The van der Waals surface area contributed by atoms with Crippen molar-refractivity contribution in [3.05, 3.63) is 158 Å². The Morgan fingerprint density at radius 1 is 0.444 bits per heavy atom. The molecule has 3 nitrogen and oxygen atoms in total. The molecule has 0 saturated carbocycles. The topological polar surface area (TPSA) is 21.7 Å². The molecule has 0 N–H and O–H groups in total. The molecule has 1 fully saturated rings. The van der Waals surface area contributed by atoms with Gasteiger partial charge >= 0.3 is 7.12 Å². The van der Waals surface area contributed by atoms with E-state index in [4.69, 9.17) is 9.31 Å². The smallest absolute Gasteiger partial charge is 0.399 e. The van der Waals surface area contributed by atoms with E-state index in [-0.39, 0.29) is 0 Å². The monoisotopic (exact) mass is 735 g/mol. The Balaban J connectivity index is 1.15. The van der Waals surface area contributed by atoms with Gasteiger partial charge in [0.2, 0.25) is 0 Å². The summed E-state index contributed by atoms with van der Waals surface area (Å²) in [6.45, 7) is 8.44. The Kier molecular flexibility index (Phi) is 7.83. The largest absolute Gasteiger partial charge is 0.494 e. The van der Waals surface area contributed by atoms with Crippen molar-refractivity contribution < 1.29 is 9.31 Å². The molecule has 9 aromatic rings. The third-order valence-electron chi connectivity index (χ3n) is 11.3. The SMILES string of the molecule is CC1(C)OB(c2ccc3sc4ccc(-c5cc(N(c6ccccc6)c6ccc(-c7ccccc7)cc6)cc6c5sc5ccccc56)cc4c3c2)OC1(C)C. The average molecular weight is 736 g/mol. The first-order valence-corrected chi connectivity index (χ1v) is 20.1. The standard InChI is InChI=1S/C48H38BNO2S2/c1-47(2)48(3,4)52-49(51-47)34-22-26-45-41(28-34)40-27-33(21-25-44(40)53-45)39-29-37(30-42-38-17-11-12-18-43(38)54-46(39)42)50(35-15-9-6-10-16-35)36-23-19-32(20-24-36)31-13-7-5-8-14-31/h5-30H,1-4H3. The van der Waals surface area contributed by atoms with Crippen LogP contribution in [0, 0.1) is 0 Å². The second kappa shape index (κ2) is 12.7. The van der Waals surface area contributed by atoms with Gasteiger partial charge in [0.25, 0.3) is 0 Å². The highest BCUT2D eigenvalue weighted by Crippen LogP contribution is 2.47. The molecule has 2 aromatic heterocycles. The molecule has 7 aromatic carbocycles. The highest BCUT2D eigenvalue weighted by Gasteiger charge is 2.51. The van der Waals surface area contributed by atoms with Crippen molar-refractivity contribution >= 4 is 92.7 Å². The Bertz CT molecular complexity index is 2830. The van der Waals surface area contributed by atoms with Crippen LogP contribution in [-0.4, -0.2) is 18.3 Å². The Morgan fingerprint density at radius 3 is 1.76 bits per heavy atom. The number of hydrogen-bond acceptors (Lipinski definition) is 5. The molecule has 0 radical (unpaired) electrons.